The summed E-state index contributed by atoms with van der Waals surface area (Å²) in [6.45, 7) is 17.6. The minimum Gasteiger partial charge on any atom is -0.260 e. The van der Waals surface area contributed by atoms with E-state index in [2.05, 4.69) is 160 Å². The van der Waals surface area contributed by atoms with E-state index in [0.29, 0.717) is 23.7 Å². The summed E-state index contributed by atoms with van der Waals surface area (Å²) >= 11 is 0. The Balaban J connectivity index is 0.000000130. The highest BCUT2D eigenvalue weighted by molar-refractivity contribution is 5.83. The first-order valence-corrected chi connectivity index (χ1v) is 18.1. The maximum atomic E-state index is 4.40. The van der Waals surface area contributed by atoms with Gasteiger partial charge in [-0.3, -0.25) is 20.0 Å². The summed E-state index contributed by atoms with van der Waals surface area (Å²) in [5, 5.41) is 2.46. The Morgan fingerprint density at radius 1 is 0.400 bits per heavy atom. The summed E-state index contributed by atoms with van der Waals surface area (Å²) in [6, 6.07) is 33.8. The topological polar surface area (TPSA) is 50.5 Å². The average molecular weight is 661 g/mol. The zero-order valence-corrected chi connectivity index (χ0v) is 31.1. The summed E-state index contributed by atoms with van der Waals surface area (Å²) in [7, 11) is 0. The van der Waals surface area contributed by atoms with Gasteiger partial charge in [-0.15, -0.1) is 0 Å². The molecule has 8 rings (SSSR count). The van der Waals surface area contributed by atoms with Crippen molar-refractivity contribution in [2.75, 3.05) is 0 Å². The zero-order chi connectivity index (χ0) is 35.6. The molecule has 4 heterocycles. The quantitative estimate of drug-likeness (QED) is 0.189. The molecule has 0 radical (unpaired) electrons. The minimum atomic E-state index is 0.540. The number of hydrogen-bond acceptors (Lipinski definition) is 4. The molecule has 0 atom stereocenters. The molecule has 2 aromatic heterocycles. The van der Waals surface area contributed by atoms with E-state index in [-0.39, 0.29) is 0 Å². The molecule has 0 saturated heterocycles. The molecule has 0 unspecified atom stereocenters. The Morgan fingerprint density at radius 3 is 1.12 bits per heavy atom. The van der Waals surface area contributed by atoms with E-state index in [4.69, 9.17) is 0 Å². The van der Waals surface area contributed by atoms with Gasteiger partial charge in [-0.2, -0.15) is 0 Å². The van der Waals surface area contributed by atoms with Gasteiger partial charge in [-0.05, 0) is 69.2 Å². The van der Waals surface area contributed by atoms with Crippen molar-refractivity contribution in [3.8, 4) is 0 Å². The molecule has 0 fully saturated rings. The average Bonchev–Trinajstić information content (AvgIpc) is 3.82. The second-order valence-electron chi connectivity index (χ2n) is 14.2. The fourth-order valence-corrected chi connectivity index (χ4v) is 6.46. The number of aromatic nitrogens is 2. The largest absolute Gasteiger partial charge is 0.260 e. The van der Waals surface area contributed by atoms with E-state index in [1.165, 1.54) is 55.5 Å². The molecule has 0 aliphatic carbocycles. The summed E-state index contributed by atoms with van der Waals surface area (Å²) in [4.78, 5) is 17.6. The molecule has 4 aromatic carbocycles. The first-order chi connectivity index (χ1) is 24.2. The summed E-state index contributed by atoms with van der Waals surface area (Å²) < 4.78 is 0. The number of para-hydroxylation sites is 4. The van der Waals surface area contributed by atoms with Gasteiger partial charge in [0, 0.05) is 48.4 Å². The fourth-order valence-electron chi connectivity index (χ4n) is 6.46. The van der Waals surface area contributed by atoms with Crippen molar-refractivity contribution in [2.45, 2.75) is 91.9 Å². The monoisotopic (exact) mass is 660 g/mol. The van der Waals surface area contributed by atoms with Gasteiger partial charge in [0.15, 0.2) is 0 Å². The molecule has 6 aromatic rings. The SMILES string of the molecule is CC(C)c1cccc2c1N=CC2.CC(C)c1cccc2c1N=CC2.CC(C)c1cccc2cccnc12.CC(C)c1cccc2cccnc12. The Kier molecular flexibility index (Phi) is 12.4. The molecular weight excluding hydrogens is 609 g/mol. The van der Waals surface area contributed by atoms with Gasteiger partial charge in [0.2, 0.25) is 0 Å². The third-order valence-corrected chi connectivity index (χ3v) is 9.18. The van der Waals surface area contributed by atoms with Crippen molar-refractivity contribution in [3.05, 3.63) is 143 Å². The molecule has 0 N–H and O–H groups in total. The van der Waals surface area contributed by atoms with Crippen LogP contribution in [0.25, 0.3) is 21.8 Å². The van der Waals surface area contributed by atoms with Crippen LogP contribution < -0.4 is 0 Å². The van der Waals surface area contributed by atoms with Crippen LogP contribution >= 0.6 is 0 Å². The molecule has 50 heavy (non-hydrogen) atoms. The first kappa shape index (κ1) is 36.3. The van der Waals surface area contributed by atoms with Crippen LogP contribution in [-0.2, 0) is 12.8 Å². The highest BCUT2D eigenvalue weighted by Gasteiger charge is 2.13. The van der Waals surface area contributed by atoms with Gasteiger partial charge in [-0.1, -0.05) is 140 Å². The van der Waals surface area contributed by atoms with Gasteiger partial charge < -0.3 is 0 Å². The minimum absolute atomic E-state index is 0.540. The lowest BCUT2D eigenvalue weighted by Gasteiger charge is -2.08. The Hall–Kier alpha value is -4.96. The van der Waals surface area contributed by atoms with Gasteiger partial charge in [0.25, 0.3) is 0 Å². The fraction of sp³-hybridized carbons (Fsp3) is 0.304. The lowest BCUT2D eigenvalue weighted by Crippen LogP contribution is -1.90. The normalized spacial score (nSPS) is 12.4. The van der Waals surface area contributed by atoms with Crippen molar-refractivity contribution in [3.63, 3.8) is 0 Å². The molecule has 0 bridgehead atoms. The van der Waals surface area contributed by atoms with E-state index in [1.807, 2.05) is 37.0 Å². The molecule has 4 nitrogen and oxygen atoms in total. The Morgan fingerprint density at radius 2 is 0.740 bits per heavy atom. The highest BCUT2D eigenvalue weighted by atomic mass is 14.8. The Labute approximate surface area is 299 Å². The highest BCUT2D eigenvalue weighted by Crippen LogP contribution is 2.34. The van der Waals surface area contributed by atoms with E-state index in [0.717, 1.165) is 23.9 Å². The maximum absolute atomic E-state index is 4.40. The zero-order valence-electron chi connectivity index (χ0n) is 31.1. The van der Waals surface area contributed by atoms with Crippen LogP contribution in [0.2, 0.25) is 0 Å². The van der Waals surface area contributed by atoms with Crippen molar-refractivity contribution in [1.29, 1.82) is 0 Å². The molecule has 0 saturated carbocycles. The standard InChI is InChI=1S/2C12H13N.2C11H13N/c2*1-9(2)11-7-3-5-10-6-4-8-13-12(10)11;2*1-8(2)10-5-3-4-9-6-7-12-11(9)10/h2*3-9H,1-2H3;2*3-5,7-8H,6H2,1-2H3. The summed E-state index contributed by atoms with van der Waals surface area (Å²) in [5.41, 5.74) is 12.9. The van der Waals surface area contributed by atoms with Crippen LogP contribution in [0.15, 0.2) is 119 Å². The van der Waals surface area contributed by atoms with E-state index in [1.54, 1.807) is 0 Å². The third-order valence-electron chi connectivity index (χ3n) is 9.18. The van der Waals surface area contributed by atoms with Gasteiger partial charge >= 0.3 is 0 Å². The second kappa shape index (κ2) is 17.1. The summed E-state index contributed by atoms with van der Waals surface area (Å²) in [5.74, 6) is 2.24. The van der Waals surface area contributed by atoms with Crippen LogP contribution in [0.4, 0.5) is 11.4 Å². The molecule has 2 aliphatic rings. The van der Waals surface area contributed by atoms with Crippen LogP contribution in [-0.4, -0.2) is 22.4 Å². The third kappa shape index (κ3) is 8.79. The lowest BCUT2D eigenvalue weighted by molar-refractivity contribution is 0.866. The number of pyridine rings is 2. The van der Waals surface area contributed by atoms with Gasteiger partial charge in [0.1, 0.15) is 0 Å². The number of aliphatic imine (C=N–C) groups is 2. The molecular formula is C46H52N4. The molecule has 0 amide bonds. The van der Waals surface area contributed by atoms with Crippen molar-refractivity contribution in [1.82, 2.24) is 9.97 Å². The number of fused-ring (bicyclic) bond motifs is 4. The van der Waals surface area contributed by atoms with Crippen LogP contribution in [0, 0.1) is 0 Å². The smallest absolute Gasteiger partial charge is 0.0736 e. The van der Waals surface area contributed by atoms with E-state index >= 15 is 0 Å². The van der Waals surface area contributed by atoms with E-state index in [9.17, 15) is 0 Å². The summed E-state index contributed by atoms with van der Waals surface area (Å²) in [6.07, 6.45) is 9.72. The lowest BCUT2D eigenvalue weighted by atomic mass is 9.98. The molecule has 4 heteroatoms. The first-order valence-electron chi connectivity index (χ1n) is 18.1. The van der Waals surface area contributed by atoms with Crippen molar-refractivity contribution >= 4 is 45.6 Å². The van der Waals surface area contributed by atoms with Crippen molar-refractivity contribution in [2.24, 2.45) is 9.98 Å². The number of nitrogens with zero attached hydrogens (tertiary/aromatic N) is 4. The van der Waals surface area contributed by atoms with Gasteiger partial charge in [-0.25, -0.2) is 0 Å². The van der Waals surface area contributed by atoms with Crippen LogP contribution in [0.5, 0.6) is 0 Å². The predicted octanol–water partition coefficient (Wildman–Crippen LogP) is 12.9. The number of rotatable bonds is 4. The van der Waals surface area contributed by atoms with Gasteiger partial charge in [0.05, 0.1) is 22.4 Å². The van der Waals surface area contributed by atoms with E-state index < -0.39 is 0 Å². The molecule has 2 aliphatic heterocycles. The Bertz CT molecular complexity index is 1920. The second-order valence-corrected chi connectivity index (χ2v) is 14.2. The molecule has 0 spiro atoms. The maximum Gasteiger partial charge on any atom is 0.0736 e. The van der Waals surface area contributed by atoms with Crippen LogP contribution in [0.3, 0.4) is 0 Å². The van der Waals surface area contributed by atoms with Crippen LogP contribution in [0.1, 0.15) is 112 Å². The van der Waals surface area contributed by atoms with Crippen molar-refractivity contribution < 1.29 is 0 Å². The predicted molar refractivity (Wildman–Crippen MR) is 216 cm³/mol. The number of benzene rings is 4. The molecule has 256 valence electrons. The number of hydrogen-bond donors (Lipinski definition) is 0.